The minimum Gasteiger partial charge on any atom is -0.396 e. The lowest BCUT2D eigenvalue weighted by Crippen LogP contribution is -2.56. The van der Waals surface area contributed by atoms with Crippen molar-refractivity contribution in [3.05, 3.63) is 0 Å². The van der Waals surface area contributed by atoms with Crippen molar-refractivity contribution in [3.8, 4) is 0 Å². The van der Waals surface area contributed by atoms with E-state index in [1.165, 1.54) is 0 Å². The van der Waals surface area contributed by atoms with Gasteiger partial charge in [0.05, 0.1) is 6.10 Å². The van der Waals surface area contributed by atoms with Crippen molar-refractivity contribution < 1.29 is 9.84 Å². The van der Waals surface area contributed by atoms with Gasteiger partial charge in [-0.25, -0.2) is 0 Å². The maximum atomic E-state index is 8.73. The Labute approximate surface area is 98.5 Å². The van der Waals surface area contributed by atoms with Gasteiger partial charge in [-0.05, 0) is 38.6 Å². The fourth-order valence-electron chi connectivity index (χ4n) is 2.29. The van der Waals surface area contributed by atoms with Gasteiger partial charge in [0.1, 0.15) is 0 Å². The molecule has 4 heteroatoms. The molecule has 0 aromatic rings. The van der Waals surface area contributed by atoms with Crippen LogP contribution in [0.2, 0.25) is 0 Å². The summed E-state index contributed by atoms with van der Waals surface area (Å²) in [5.41, 5.74) is 5.97. The number of hydrogen-bond acceptors (Lipinski definition) is 4. The zero-order chi connectivity index (χ0) is 11.9. The van der Waals surface area contributed by atoms with Crippen LogP contribution in [0.1, 0.15) is 39.0 Å². The van der Waals surface area contributed by atoms with Gasteiger partial charge in [-0.3, -0.25) is 0 Å². The Bertz CT molecular complexity index is 190. The van der Waals surface area contributed by atoms with E-state index < -0.39 is 0 Å². The van der Waals surface area contributed by atoms with E-state index >= 15 is 0 Å². The van der Waals surface area contributed by atoms with Crippen molar-refractivity contribution >= 4 is 0 Å². The number of hydrogen-bond donors (Lipinski definition) is 3. The summed E-state index contributed by atoms with van der Waals surface area (Å²) in [5, 5.41) is 12.3. The number of aliphatic hydroxyl groups is 1. The predicted octanol–water partition coefficient (Wildman–Crippen LogP) is 0.635. The summed E-state index contributed by atoms with van der Waals surface area (Å²) in [7, 11) is 0. The molecule has 1 aliphatic rings. The van der Waals surface area contributed by atoms with Crippen molar-refractivity contribution in [2.75, 3.05) is 26.3 Å². The largest absolute Gasteiger partial charge is 0.396 e. The first-order valence-electron chi connectivity index (χ1n) is 6.44. The van der Waals surface area contributed by atoms with Crippen LogP contribution in [0, 0.1) is 0 Å². The third-order valence-electron chi connectivity index (χ3n) is 3.48. The molecular weight excluding hydrogens is 204 g/mol. The molecule has 0 aliphatic carbocycles. The quantitative estimate of drug-likeness (QED) is 0.561. The Morgan fingerprint density at radius 2 is 2.31 bits per heavy atom. The van der Waals surface area contributed by atoms with Gasteiger partial charge in [-0.2, -0.15) is 0 Å². The molecule has 1 aliphatic heterocycles. The topological polar surface area (TPSA) is 67.5 Å². The second-order valence-electron chi connectivity index (χ2n) is 4.70. The number of unbranched alkanes of at least 4 members (excludes halogenated alkanes) is 1. The number of nitrogens with one attached hydrogen (secondary N) is 1. The lowest BCUT2D eigenvalue weighted by Gasteiger charge is -2.41. The van der Waals surface area contributed by atoms with Gasteiger partial charge in [0.2, 0.25) is 0 Å². The number of rotatable bonds is 7. The molecular formula is C12H26N2O2. The van der Waals surface area contributed by atoms with Crippen molar-refractivity contribution in [1.82, 2.24) is 5.32 Å². The lowest BCUT2D eigenvalue weighted by atomic mass is 9.85. The number of nitrogens with two attached hydrogens (primary N) is 1. The molecule has 0 saturated carbocycles. The molecule has 0 aromatic heterocycles. The molecule has 1 heterocycles. The average molecular weight is 230 g/mol. The van der Waals surface area contributed by atoms with Crippen LogP contribution in [0.15, 0.2) is 0 Å². The van der Waals surface area contributed by atoms with E-state index in [4.69, 9.17) is 15.6 Å². The van der Waals surface area contributed by atoms with Crippen molar-refractivity contribution in [3.63, 3.8) is 0 Å². The van der Waals surface area contributed by atoms with Crippen LogP contribution in [-0.4, -0.2) is 43.1 Å². The third-order valence-corrected chi connectivity index (χ3v) is 3.48. The van der Waals surface area contributed by atoms with E-state index in [0.29, 0.717) is 12.6 Å². The van der Waals surface area contributed by atoms with E-state index in [-0.39, 0.29) is 12.1 Å². The fourth-order valence-corrected chi connectivity index (χ4v) is 2.29. The van der Waals surface area contributed by atoms with E-state index in [2.05, 4.69) is 12.2 Å². The predicted molar refractivity (Wildman–Crippen MR) is 65.4 cm³/mol. The van der Waals surface area contributed by atoms with Gasteiger partial charge in [0, 0.05) is 25.3 Å². The molecule has 0 radical (unpaired) electrons. The molecule has 16 heavy (non-hydrogen) atoms. The normalized spacial score (nSPS) is 30.6. The molecule has 2 unspecified atom stereocenters. The van der Waals surface area contributed by atoms with Crippen LogP contribution < -0.4 is 11.1 Å². The molecule has 0 bridgehead atoms. The zero-order valence-electron chi connectivity index (χ0n) is 10.4. The summed E-state index contributed by atoms with van der Waals surface area (Å²) in [5.74, 6) is 0. The minimum atomic E-state index is 0.0639. The average Bonchev–Trinajstić information content (AvgIpc) is 2.35. The van der Waals surface area contributed by atoms with Crippen molar-refractivity contribution in [2.24, 2.45) is 5.73 Å². The molecule has 0 spiro atoms. The Balaban J connectivity index is 2.36. The Morgan fingerprint density at radius 3 is 2.94 bits per heavy atom. The van der Waals surface area contributed by atoms with Crippen molar-refractivity contribution in [1.29, 1.82) is 0 Å². The molecule has 1 fully saturated rings. The highest BCUT2D eigenvalue weighted by Crippen LogP contribution is 2.25. The van der Waals surface area contributed by atoms with Gasteiger partial charge < -0.3 is 20.9 Å². The van der Waals surface area contributed by atoms with Gasteiger partial charge in [0.25, 0.3) is 0 Å². The summed E-state index contributed by atoms with van der Waals surface area (Å²) in [6.45, 7) is 4.85. The summed E-state index contributed by atoms with van der Waals surface area (Å²) < 4.78 is 5.68. The highest BCUT2D eigenvalue weighted by molar-refractivity contribution is 4.93. The van der Waals surface area contributed by atoms with Crippen molar-refractivity contribution in [2.45, 2.75) is 50.7 Å². The Hall–Kier alpha value is -0.160. The van der Waals surface area contributed by atoms with Gasteiger partial charge in [-0.15, -0.1) is 0 Å². The first kappa shape index (κ1) is 13.9. The minimum absolute atomic E-state index is 0.0639. The van der Waals surface area contributed by atoms with Crippen LogP contribution in [0.3, 0.4) is 0 Å². The SMILES string of the molecule is CCC1CC(CN)(NCCCCO)CCO1. The maximum absolute atomic E-state index is 8.73. The van der Waals surface area contributed by atoms with Gasteiger partial charge >= 0.3 is 0 Å². The molecule has 2 atom stereocenters. The first-order valence-corrected chi connectivity index (χ1v) is 6.44. The molecule has 1 saturated heterocycles. The zero-order valence-corrected chi connectivity index (χ0v) is 10.4. The number of aliphatic hydroxyl groups excluding tert-OH is 1. The fraction of sp³-hybridized carbons (Fsp3) is 1.00. The summed E-state index contributed by atoms with van der Waals surface area (Å²) in [6.07, 6.45) is 5.29. The standard InChI is InChI=1S/C12H26N2O2/c1-2-11-9-12(10-13,5-8-16-11)14-6-3-4-7-15/h11,14-15H,2-10,13H2,1H3. The molecule has 96 valence electrons. The van der Waals surface area contributed by atoms with E-state index in [1.54, 1.807) is 0 Å². The monoisotopic (exact) mass is 230 g/mol. The van der Waals surface area contributed by atoms with E-state index in [9.17, 15) is 0 Å². The lowest BCUT2D eigenvalue weighted by molar-refractivity contribution is -0.0279. The molecule has 4 nitrogen and oxygen atoms in total. The summed E-state index contributed by atoms with van der Waals surface area (Å²) in [4.78, 5) is 0. The van der Waals surface area contributed by atoms with Crippen LogP contribution in [0.5, 0.6) is 0 Å². The van der Waals surface area contributed by atoms with Gasteiger partial charge in [-0.1, -0.05) is 6.92 Å². The molecule has 4 N–H and O–H groups in total. The smallest absolute Gasteiger partial charge is 0.0590 e. The second kappa shape index (κ2) is 7.22. The van der Waals surface area contributed by atoms with Crippen LogP contribution in [0.4, 0.5) is 0 Å². The third kappa shape index (κ3) is 4.01. The summed E-state index contributed by atoms with van der Waals surface area (Å²) in [6, 6.07) is 0. The van der Waals surface area contributed by atoms with Crippen LogP contribution >= 0.6 is 0 Å². The number of ether oxygens (including phenoxy) is 1. The maximum Gasteiger partial charge on any atom is 0.0590 e. The van der Waals surface area contributed by atoms with Crippen LogP contribution in [0.25, 0.3) is 0 Å². The molecule has 0 amide bonds. The van der Waals surface area contributed by atoms with E-state index in [0.717, 1.165) is 45.3 Å². The van der Waals surface area contributed by atoms with Crippen LogP contribution in [-0.2, 0) is 4.74 Å². The Kier molecular flexibility index (Phi) is 6.28. The highest BCUT2D eigenvalue weighted by atomic mass is 16.5. The first-order chi connectivity index (χ1) is 7.76. The Morgan fingerprint density at radius 1 is 1.50 bits per heavy atom. The molecule has 1 rings (SSSR count). The second-order valence-corrected chi connectivity index (χ2v) is 4.70. The summed E-state index contributed by atoms with van der Waals surface area (Å²) >= 11 is 0. The molecule has 0 aromatic carbocycles. The highest BCUT2D eigenvalue weighted by Gasteiger charge is 2.34. The van der Waals surface area contributed by atoms with Gasteiger partial charge in [0.15, 0.2) is 0 Å². The van der Waals surface area contributed by atoms with E-state index in [1.807, 2.05) is 0 Å².